The molecule has 0 aliphatic carbocycles. The molecule has 0 amide bonds. The third-order valence-corrected chi connectivity index (χ3v) is 4.31. The first-order chi connectivity index (χ1) is 10.8. The molecule has 0 aromatic carbocycles. The minimum absolute atomic E-state index is 0.317. The lowest BCUT2D eigenvalue weighted by atomic mass is 10.1. The molecule has 3 heterocycles. The topological polar surface area (TPSA) is 59.5 Å². The first-order valence-corrected chi connectivity index (χ1v) is 8.30. The molecule has 2 atom stereocenters. The number of aromatic nitrogens is 2. The Hall–Kier alpha value is -1.40. The Morgan fingerprint density at radius 1 is 1.23 bits per heavy atom. The van der Waals surface area contributed by atoms with Gasteiger partial charge in [0.2, 0.25) is 0 Å². The van der Waals surface area contributed by atoms with Crippen LogP contribution >= 0.6 is 0 Å². The van der Waals surface area contributed by atoms with Crippen molar-refractivity contribution in [3.8, 4) is 0 Å². The number of ether oxygens (including phenoxy) is 2. The summed E-state index contributed by atoms with van der Waals surface area (Å²) < 4.78 is 11.3. The largest absolute Gasteiger partial charge is 0.379 e. The summed E-state index contributed by atoms with van der Waals surface area (Å²) in [5.41, 5.74) is 0. The second kappa shape index (κ2) is 7.74. The monoisotopic (exact) mass is 306 g/mol. The maximum absolute atomic E-state index is 5.80. The van der Waals surface area contributed by atoms with Gasteiger partial charge in [-0.05, 0) is 32.1 Å². The van der Waals surface area contributed by atoms with Gasteiger partial charge in [-0.2, -0.15) is 0 Å². The van der Waals surface area contributed by atoms with Crippen molar-refractivity contribution in [1.82, 2.24) is 9.97 Å². The Balaban J connectivity index is 1.57. The van der Waals surface area contributed by atoms with Gasteiger partial charge in [0.25, 0.3) is 0 Å². The lowest BCUT2D eigenvalue weighted by molar-refractivity contribution is 0.0215. The van der Waals surface area contributed by atoms with E-state index in [1.165, 1.54) is 12.8 Å². The maximum Gasteiger partial charge on any atom is 0.133 e. The van der Waals surface area contributed by atoms with Crippen molar-refractivity contribution in [3.63, 3.8) is 0 Å². The van der Waals surface area contributed by atoms with Crippen molar-refractivity contribution >= 4 is 11.6 Å². The highest BCUT2D eigenvalue weighted by molar-refractivity contribution is 5.48. The summed E-state index contributed by atoms with van der Waals surface area (Å²) >= 11 is 0. The van der Waals surface area contributed by atoms with E-state index >= 15 is 0 Å². The van der Waals surface area contributed by atoms with Gasteiger partial charge in [-0.3, -0.25) is 0 Å². The van der Waals surface area contributed by atoms with E-state index in [0.29, 0.717) is 12.1 Å². The molecule has 22 heavy (non-hydrogen) atoms. The van der Waals surface area contributed by atoms with Gasteiger partial charge < -0.3 is 19.7 Å². The van der Waals surface area contributed by atoms with Gasteiger partial charge in [0.15, 0.2) is 0 Å². The van der Waals surface area contributed by atoms with E-state index in [1.807, 2.05) is 6.07 Å². The standard InChI is InChI=1S/C16H26N4O2/c1-20(10-14-6-2-3-8-22-14)16-9-15(17-12-18-16)19-13-5-4-7-21-11-13/h9,12-14H,2-8,10-11H2,1H3,(H,17,18,19). The zero-order valence-electron chi connectivity index (χ0n) is 13.3. The summed E-state index contributed by atoms with van der Waals surface area (Å²) in [7, 11) is 2.06. The van der Waals surface area contributed by atoms with Crippen LogP contribution in [0.1, 0.15) is 32.1 Å². The third kappa shape index (κ3) is 4.30. The van der Waals surface area contributed by atoms with Gasteiger partial charge in [-0.25, -0.2) is 9.97 Å². The van der Waals surface area contributed by atoms with Gasteiger partial charge >= 0.3 is 0 Å². The molecule has 2 unspecified atom stereocenters. The predicted molar refractivity (Wildman–Crippen MR) is 86.4 cm³/mol. The van der Waals surface area contributed by atoms with Gasteiger partial charge in [-0.15, -0.1) is 0 Å². The highest BCUT2D eigenvalue weighted by Gasteiger charge is 2.18. The van der Waals surface area contributed by atoms with Gasteiger partial charge in [0.05, 0.1) is 18.8 Å². The molecule has 0 bridgehead atoms. The second-order valence-electron chi connectivity index (χ2n) is 6.19. The molecule has 1 aromatic rings. The zero-order chi connectivity index (χ0) is 15.2. The second-order valence-corrected chi connectivity index (χ2v) is 6.19. The maximum atomic E-state index is 5.80. The van der Waals surface area contributed by atoms with Crippen LogP contribution in [-0.4, -0.2) is 55.5 Å². The molecule has 6 nitrogen and oxygen atoms in total. The quantitative estimate of drug-likeness (QED) is 0.899. The number of nitrogens with zero attached hydrogens (tertiary/aromatic N) is 3. The molecule has 6 heteroatoms. The van der Waals surface area contributed by atoms with E-state index < -0.39 is 0 Å². The Morgan fingerprint density at radius 3 is 2.95 bits per heavy atom. The zero-order valence-corrected chi connectivity index (χ0v) is 13.3. The number of hydrogen-bond donors (Lipinski definition) is 1. The first-order valence-electron chi connectivity index (χ1n) is 8.30. The molecule has 2 aliphatic rings. The van der Waals surface area contributed by atoms with Crippen LogP contribution in [0, 0.1) is 0 Å². The minimum Gasteiger partial charge on any atom is -0.379 e. The lowest BCUT2D eigenvalue weighted by Gasteiger charge is -2.28. The molecular weight excluding hydrogens is 280 g/mol. The van der Waals surface area contributed by atoms with Gasteiger partial charge in [0.1, 0.15) is 18.0 Å². The summed E-state index contributed by atoms with van der Waals surface area (Å²) in [4.78, 5) is 10.9. The molecule has 1 N–H and O–H groups in total. The van der Waals surface area contributed by atoms with E-state index in [4.69, 9.17) is 9.47 Å². The van der Waals surface area contributed by atoms with Gasteiger partial charge in [-0.1, -0.05) is 0 Å². The molecular formula is C16H26N4O2. The van der Waals surface area contributed by atoms with Crippen LogP contribution in [0.2, 0.25) is 0 Å². The molecule has 1 aromatic heterocycles. The Bertz CT molecular complexity index is 459. The highest BCUT2D eigenvalue weighted by atomic mass is 16.5. The van der Waals surface area contributed by atoms with Crippen LogP contribution in [0.4, 0.5) is 11.6 Å². The number of rotatable bonds is 5. The van der Waals surface area contributed by atoms with Crippen molar-refractivity contribution in [2.75, 3.05) is 43.6 Å². The van der Waals surface area contributed by atoms with Crippen molar-refractivity contribution in [3.05, 3.63) is 12.4 Å². The Labute approximate surface area is 132 Å². The molecule has 2 fully saturated rings. The van der Waals surface area contributed by atoms with Gasteiger partial charge in [0, 0.05) is 32.9 Å². The Morgan fingerprint density at radius 2 is 2.18 bits per heavy atom. The van der Waals surface area contributed by atoms with Crippen molar-refractivity contribution in [1.29, 1.82) is 0 Å². The number of nitrogens with one attached hydrogen (secondary N) is 1. The first kappa shape index (κ1) is 15.5. The van der Waals surface area contributed by atoms with Crippen LogP contribution in [-0.2, 0) is 9.47 Å². The normalized spacial score (nSPS) is 25.7. The summed E-state index contributed by atoms with van der Waals surface area (Å²) in [6.07, 6.45) is 7.76. The van der Waals surface area contributed by atoms with Crippen LogP contribution in [0.15, 0.2) is 12.4 Å². The summed E-state index contributed by atoms with van der Waals surface area (Å²) in [6.45, 7) is 3.39. The van der Waals surface area contributed by atoms with Crippen molar-refractivity contribution in [2.45, 2.75) is 44.2 Å². The lowest BCUT2D eigenvalue weighted by Crippen LogP contribution is -2.34. The fourth-order valence-corrected chi connectivity index (χ4v) is 3.05. The molecule has 122 valence electrons. The average Bonchev–Trinajstić information content (AvgIpc) is 2.57. The SMILES string of the molecule is CN(CC1CCCCO1)c1cc(NC2CCCOC2)ncn1. The van der Waals surface area contributed by atoms with Crippen LogP contribution in [0.3, 0.4) is 0 Å². The number of likely N-dealkylation sites (N-methyl/N-ethyl adjacent to an activating group) is 1. The molecule has 3 rings (SSSR count). The molecule has 2 aliphatic heterocycles. The van der Waals surface area contributed by atoms with Crippen molar-refractivity contribution < 1.29 is 9.47 Å². The smallest absolute Gasteiger partial charge is 0.133 e. The fraction of sp³-hybridized carbons (Fsp3) is 0.750. The summed E-state index contributed by atoms with van der Waals surface area (Å²) in [6, 6.07) is 2.36. The summed E-state index contributed by atoms with van der Waals surface area (Å²) in [5, 5.41) is 3.45. The Kier molecular flexibility index (Phi) is 5.45. The molecule has 0 saturated carbocycles. The number of hydrogen-bond acceptors (Lipinski definition) is 6. The average molecular weight is 306 g/mol. The van der Waals surface area contributed by atoms with Crippen LogP contribution in [0.5, 0.6) is 0 Å². The molecule has 0 spiro atoms. The van der Waals surface area contributed by atoms with Crippen LogP contribution < -0.4 is 10.2 Å². The molecule has 0 radical (unpaired) electrons. The van der Waals surface area contributed by atoms with E-state index in [0.717, 1.165) is 57.3 Å². The fourth-order valence-electron chi connectivity index (χ4n) is 3.05. The molecule has 2 saturated heterocycles. The predicted octanol–water partition coefficient (Wildman–Crippen LogP) is 2.07. The minimum atomic E-state index is 0.317. The number of anilines is 2. The summed E-state index contributed by atoms with van der Waals surface area (Å²) in [5.74, 6) is 1.81. The van der Waals surface area contributed by atoms with E-state index in [-0.39, 0.29) is 0 Å². The highest BCUT2D eigenvalue weighted by Crippen LogP contribution is 2.19. The van der Waals surface area contributed by atoms with Crippen molar-refractivity contribution in [2.24, 2.45) is 0 Å². The van der Waals surface area contributed by atoms with Crippen LogP contribution in [0.25, 0.3) is 0 Å². The van der Waals surface area contributed by atoms with E-state index in [9.17, 15) is 0 Å². The van der Waals surface area contributed by atoms with E-state index in [1.54, 1.807) is 6.33 Å². The third-order valence-electron chi connectivity index (χ3n) is 4.31. The van der Waals surface area contributed by atoms with E-state index in [2.05, 4.69) is 27.2 Å².